The van der Waals surface area contributed by atoms with Crippen LogP contribution >= 0.6 is 0 Å². The van der Waals surface area contributed by atoms with Crippen molar-refractivity contribution in [3.8, 4) is 0 Å². The molecule has 0 aromatic carbocycles. The first-order valence-corrected chi connectivity index (χ1v) is 8.30. The quantitative estimate of drug-likeness (QED) is 0.833. The molecular formula is C16H31N3O2. The molecule has 0 aromatic heterocycles. The van der Waals surface area contributed by atoms with Crippen molar-refractivity contribution in [2.24, 2.45) is 5.73 Å². The predicted molar refractivity (Wildman–Crippen MR) is 85.1 cm³/mol. The van der Waals surface area contributed by atoms with Crippen LogP contribution in [0.4, 0.5) is 0 Å². The number of nitrogens with two attached hydrogens (primary N) is 1. The predicted octanol–water partition coefficient (Wildman–Crippen LogP) is 1.41. The van der Waals surface area contributed by atoms with Crippen LogP contribution in [0.2, 0.25) is 0 Å². The number of primary amides is 1. The van der Waals surface area contributed by atoms with Crippen LogP contribution < -0.4 is 5.73 Å². The molecule has 2 aliphatic rings. The number of ketones is 1. The number of nitrogens with zero attached hydrogens (tertiary/aromatic N) is 2. The van der Waals surface area contributed by atoms with E-state index in [-0.39, 0.29) is 5.91 Å². The first-order valence-electron chi connectivity index (χ1n) is 8.30. The molecule has 0 aromatic rings. The third kappa shape index (κ3) is 9.58. The molecule has 0 aliphatic carbocycles. The highest BCUT2D eigenvalue weighted by molar-refractivity contribution is 5.76. The summed E-state index contributed by atoms with van der Waals surface area (Å²) >= 11 is 0. The molecule has 5 heteroatoms. The van der Waals surface area contributed by atoms with Gasteiger partial charge in [0, 0.05) is 13.0 Å². The van der Waals surface area contributed by atoms with Gasteiger partial charge in [-0.25, -0.2) is 0 Å². The fraction of sp³-hybridized carbons (Fsp3) is 0.875. The average molecular weight is 297 g/mol. The second-order valence-electron chi connectivity index (χ2n) is 6.16. The largest absolute Gasteiger partial charge is 0.369 e. The van der Waals surface area contributed by atoms with Crippen molar-refractivity contribution in [1.82, 2.24) is 9.80 Å². The maximum atomic E-state index is 10.7. The summed E-state index contributed by atoms with van der Waals surface area (Å²) in [6, 6.07) is 0. The zero-order chi connectivity index (χ0) is 15.5. The lowest BCUT2D eigenvalue weighted by atomic mass is 10.1. The van der Waals surface area contributed by atoms with Gasteiger partial charge in [0.1, 0.15) is 5.78 Å². The van der Waals surface area contributed by atoms with Crippen LogP contribution in [-0.2, 0) is 9.59 Å². The average Bonchev–Trinajstić information content (AvgIpc) is 2.47. The van der Waals surface area contributed by atoms with Crippen LogP contribution in [0.5, 0.6) is 0 Å². The van der Waals surface area contributed by atoms with Crippen molar-refractivity contribution in [2.45, 2.75) is 51.9 Å². The van der Waals surface area contributed by atoms with Crippen molar-refractivity contribution in [2.75, 3.05) is 39.3 Å². The number of amides is 1. The number of carbonyl (C=O) groups is 2. The van der Waals surface area contributed by atoms with Gasteiger partial charge < -0.3 is 10.6 Å². The topological polar surface area (TPSA) is 66.6 Å². The van der Waals surface area contributed by atoms with Gasteiger partial charge in [-0.1, -0.05) is 12.8 Å². The molecule has 0 spiro atoms. The summed E-state index contributed by atoms with van der Waals surface area (Å²) in [5.74, 6) is 0.109. The standard InChI is InChI=1S/C9H17NO.C7H14N2O/c1-9(11)5-8-10-6-3-2-4-7-10;8-7(10)6-9-4-2-1-3-5-9/h2-8H2,1H3;1-6H2,(H2,8,10). The number of piperidine rings is 2. The van der Waals surface area contributed by atoms with Crippen molar-refractivity contribution in [3.63, 3.8) is 0 Å². The van der Waals surface area contributed by atoms with Crippen LogP contribution in [0.3, 0.4) is 0 Å². The Kier molecular flexibility index (Phi) is 9.26. The Morgan fingerprint density at radius 3 is 1.76 bits per heavy atom. The Bertz CT molecular complexity index is 309. The highest BCUT2D eigenvalue weighted by Crippen LogP contribution is 2.08. The molecule has 0 atom stereocenters. The van der Waals surface area contributed by atoms with E-state index in [1.807, 2.05) is 0 Å². The van der Waals surface area contributed by atoms with Crippen LogP contribution in [0.15, 0.2) is 0 Å². The van der Waals surface area contributed by atoms with E-state index in [1.54, 1.807) is 6.92 Å². The smallest absolute Gasteiger partial charge is 0.231 e. The molecule has 2 N–H and O–H groups in total. The molecule has 21 heavy (non-hydrogen) atoms. The van der Waals surface area contributed by atoms with Gasteiger partial charge in [0.15, 0.2) is 0 Å². The molecule has 2 heterocycles. The Morgan fingerprint density at radius 1 is 0.857 bits per heavy atom. The number of hydrogen-bond acceptors (Lipinski definition) is 4. The lowest BCUT2D eigenvalue weighted by molar-refractivity contribution is -0.119. The van der Waals surface area contributed by atoms with Crippen LogP contribution in [0.25, 0.3) is 0 Å². The first-order chi connectivity index (χ1) is 10.1. The van der Waals surface area contributed by atoms with E-state index in [0.717, 1.165) is 26.1 Å². The van der Waals surface area contributed by atoms with Gasteiger partial charge in [-0.05, 0) is 58.8 Å². The minimum absolute atomic E-state index is 0.207. The minimum Gasteiger partial charge on any atom is -0.369 e. The van der Waals surface area contributed by atoms with E-state index in [9.17, 15) is 9.59 Å². The van der Waals surface area contributed by atoms with Gasteiger partial charge in [0.2, 0.25) is 5.91 Å². The van der Waals surface area contributed by atoms with Gasteiger partial charge in [-0.15, -0.1) is 0 Å². The molecular weight excluding hydrogens is 266 g/mol. The van der Waals surface area contributed by atoms with Crippen LogP contribution in [0.1, 0.15) is 51.9 Å². The molecule has 0 unspecified atom stereocenters. The summed E-state index contributed by atoms with van der Waals surface area (Å²) < 4.78 is 0. The minimum atomic E-state index is -0.207. The maximum absolute atomic E-state index is 10.7. The zero-order valence-electron chi connectivity index (χ0n) is 13.5. The second kappa shape index (κ2) is 10.7. The fourth-order valence-corrected chi connectivity index (χ4v) is 2.84. The number of rotatable bonds is 5. The molecule has 2 rings (SSSR count). The van der Waals surface area contributed by atoms with Gasteiger partial charge in [-0.2, -0.15) is 0 Å². The molecule has 122 valence electrons. The van der Waals surface area contributed by atoms with Crippen molar-refractivity contribution in [1.29, 1.82) is 0 Å². The van der Waals surface area contributed by atoms with Crippen molar-refractivity contribution >= 4 is 11.7 Å². The molecule has 2 saturated heterocycles. The van der Waals surface area contributed by atoms with Crippen molar-refractivity contribution < 1.29 is 9.59 Å². The van der Waals surface area contributed by atoms with E-state index in [2.05, 4.69) is 9.80 Å². The molecule has 1 amide bonds. The van der Waals surface area contributed by atoms with Gasteiger partial charge in [-0.3, -0.25) is 14.5 Å². The van der Waals surface area contributed by atoms with E-state index in [0.29, 0.717) is 12.3 Å². The highest BCUT2D eigenvalue weighted by Gasteiger charge is 2.11. The van der Waals surface area contributed by atoms with Crippen molar-refractivity contribution in [3.05, 3.63) is 0 Å². The monoisotopic (exact) mass is 297 g/mol. The van der Waals surface area contributed by atoms with Gasteiger partial charge in [0.25, 0.3) is 0 Å². The fourth-order valence-electron chi connectivity index (χ4n) is 2.84. The summed E-state index contributed by atoms with van der Waals surface area (Å²) in [6.07, 6.45) is 8.47. The first kappa shape index (κ1) is 18.1. The third-order valence-corrected chi connectivity index (χ3v) is 4.06. The zero-order valence-corrected chi connectivity index (χ0v) is 13.5. The number of likely N-dealkylation sites (tertiary alicyclic amines) is 2. The summed E-state index contributed by atoms with van der Waals surface area (Å²) in [6.45, 7) is 7.59. The summed E-state index contributed by atoms with van der Waals surface area (Å²) in [5, 5.41) is 0. The number of carbonyl (C=O) groups excluding carboxylic acids is 2. The number of Topliss-reactive ketones (excluding diaryl/α,β-unsaturated/α-hetero) is 1. The SMILES string of the molecule is CC(=O)CCN1CCCCC1.NC(=O)CN1CCCCC1. The lowest BCUT2D eigenvalue weighted by Crippen LogP contribution is -2.37. The summed E-state index contributed by atoms with van der Waals surface area (Å²) in [4.78, 5) is 25.6. The Balaban J connectivity index is 0.000000211. The van der Waals surface area contributed by atoms with Crippen LogP contribution in [-0.4, -0.2) is 60.8 Å². The highest BCUT2D eigenvalue weighted by atomic mass is 16.1. The number of hydrogen-bond donors (Lipinski definition) is 1. The van der Waals surface area contributed by atoms with Gasteiger partial charge >= 0.3 is 0 Å². The molecule has 0 saturated carbocycles. The Morgan fingerprint density at radius 2 is 1.33 bits per heavy atom. The van der Waals surface area contributed by atoms with Crippen LogP contribution in [0, 0.1) is 0 Å². The van der Waals surface area contributed by atoms with E-state index >= 15 is 0 Å². The Labute approximate surface area is 128 Å². The third-order valence-electron chi connectivity index (χ3n) is 4.06. The van der Waals surface area contributed by atoms with Gasteiger partial charge in [0.05, 0.1) is 6.54 Å². The summed E-state index contributed by atoms with van der Waals surface area (Å²) in [7, 11) is 0. The molecule has 0 radical (unpaired) electrons. The normalized spacial score (nSPS) is 20.4. The lowest BCUT2D eigenvalue weighted by Gasteiger charge is -2.25. The maximum Gasteiger partial charge on any atom is 0.231 e. The van der Waals surface area contributed by atoms with E-state index in [1.165, 1.54) is 51.6 Å². The molecule has 5 nitrogen and oxygen atoms in total. The van der Waals surface area contributed by atoms with E-state index < -0.39 is 0 Å². The summed E-state index contributed by atoms with van der Waals surface area (Å²) in [5.41, 5.74) is 5.04. The van der Waals surface area contributed by atoms with E-state index in [4.69, 9.17) is 5.73 Å². The Hall–Kier alpha value is -0.940. The second-order valence-corrected chi connectivity index (χ2v) is 6.16. The molecule has 2 fully saturated rings. The molecule has 0 bridgehead atoms. The molecule has 2 aliphatic heterocycles.